The molecule has 1 aromatic carbocycles. The van der Waals surface area contributed by atoms with Gasteiger partial charge in [-0.05, 0) is 47.0 Å². The average molecular weight is 325 g/mol. The van der Waals surface area contributed by atoms with Crippen LogP contribution in [0.1, 0.15) is 12.5 Å². The number of nitrogens with zero attached hydrogens (tertiary/aromatic N) is 1. The highest BCUT2D eigenvalue weighted by molar-refractivity contribution is 9.10. The summed E-state index contributed by atoms with van der Waals surface area (Å²) in [5.41, 5.74) is 7.20. The van der Waals surface area contributed by atoms with Crippen molar-refractivity contribution in [2.45, 2.75) is 25.6 Å². The fourth-order valence-electron chi connectivity index (χ4n) is 1.71. The van der Waals surface area contributed by atoms with Gasteiger partial charge in [-0.25, -0.2) is 0 Å². The zero-order valence-corrected chi connectivity index (χ0v) is 11.8. The van der Waals surface area contributed by atoms with E-state index in [0.29, 0.717) is 16.6 Å². The minimum absolute atomic E-state index is 0.0238. The standard InChI is InChI=1S/C12H16BrF3N2/c1-8(17)5-9-3-4-11(10(13)6-9)18(2)7-12(14,15)16/h3-4,6,8H,5,7,17H2,1-2H3. The second kappa shape index (κ2) is 5.93. The van der Waals surface area contributed by atoms with Gasteiger partial charge >= 0.3 is 6.18 Å². The summed E-state index contributed by atoms with van der Waals surface area (Å²) in [6.45, 7) is 0.913. The maximum atomic E-state index is 12.3. The predicted octanol–water partition coefficient (Wildman–Crippen LogP) is 3.34. The monoisotopic (exact) mass is 324 g/mol. The van der Waals surface area contributed by atoms with E-state index in [1.807, 2.05) is 13.0 Å². The lowest BCUT2D eigenvalue weighted by Crippen LogP contribution is -2.31. The van der Waals surface area contributed by atoms with Crippen molar-refractivity contribution in [3.8, 4) is 0 Å². The van der Waals surface area contributed by atoms with Crippen LogP contribution in [0, 0.1) is 0 Å². The molecule has 102 valence electrons. The molecule has 0 heterocycles. The van der Waals surface area contributed by atoms with E-state index < -0.39 is 12.7 Å². The van der Waals surface area contributed by atoms with Crippen LogP contribution in [0.3, 0.4) is 0 Å². The van der Waals surface area contributed by atoms with Gasteiger partial charge in [0.25, 0.3) is 0 Å². The number of benzene rings is 1. The molecule has 0 radical (unpaired) electrons. The molecule has 1 unspecified atom stereocenters. The first-order valence-corrected chi connectivity index (χ1v) is 6.30. The summed E-state index contributed by atoms with van der Waals surface area (Å²) in [6, 6.07) is 5.31. The smallest absolute Gasteiger partial charge is 0.365 e. The first-order chi connectivity index (χ1) is 8.19. The van der Waals surface area contributed by atoms with E-state index in [1.165, 1.54) is 11.9 Å². The molecule has 0 spiro atoms. The summed E-state index contributed by atoms with van der Waals surface area (Å²) in [4.78, 5) is 1.17. The topological polar surface area (TPSA) is 29.3 Å². The summed E-state index contributed by atoms with van der Waals surface area (Å²) in [5.74, 6) is 0. The van der Waals surface area contributed by atoms with Gasteiger partial charge < -0.3 is 10.6 Å². The van der Waals surface area contributed by atoms with Gasteiger partial charge in [0.05, 0.1) is 5.69 Å². The molecule has 18 heavy (non-hydrogen) atoms. The molecular weight excluding hydrogens is 309 g/mol. The first-order valence-electron chi connectivity index (χ1n) is 5.51. The molecule has 0 saturated heterocycles. The number of rotatable bonds is 4. The van der Waals surface area contributed by atoms with Crippen LogP contribution < -0.4 is 10.6 Å². The van der Waals surface area contributed by atoms with Gasteiger partial charge in [0.15, 0.2) is 0 Å². The molecule has 0 aromatic heterocycles. The fraction of sp³-hybridized carbons (Fsp3) is 0.500. The van der Waals surface area contributed by atoms with Crippen LogP contribution in [0.4, 0.5) is 18.9 Å². The van der Waals surface area contributed by atoms with Crippen molar-refractivity contribution < 1.29 is 13.2 Å². The Hall–Kier alpha value is -0.750. The summed E-state index contributed by atoms with van der Waals surface area (Å²) < 4.78 is 37.5. The van der Waals surface area contributed by atoms with Crippen LogP contribution in [-0.2, 0) is 6.42 Å². The van der Waals surface area contributed by atoms with E-state index in [9.17, 15) is 13.2 Å². The Morgan fingerprint density at radius 2 is 2.00 bits per heavy atom. The zero-order valence-electron chi connectivity index (χ0n) is 10.3. The molecule has 0 saturated carbocycles. The molecule has 2 nitrogen and oxygen atoms in total. The Kier molecular flexibility index (Phi) is 5.04. The van der Waals surface area contributed by atoms with E-state index in [4.69, 9.17) is 5.73 Å². The zero-order chi connectivity index (χ0) is 13.9. The van der Waals surface area contributed by atoms with Crippen molar-refractivity contribution >= 4 is 21.6 Å². The third-order valence-corrected chi connectivity index (χ3v) is 3.03. The number of alkyl halides is 3. The Morgan fingerprint density at radius 3 is 2.44 bits per heavy atom. The molecule has 1 atom stereocenters. The lowest BCUT2D eigenvalue weighted by atomic mass is 10.1. The van der Waals surface area contributed by atoms with Gasteiger partial charge in [0.1, 0.15) is 6.54 Å². The third-order valence-electron chi connectivity index (χ3n) is 2.40. The summed E-state index contributed by atoms with van der Waals surface area (Å²) in [7, 11) is 1.42. The van der Waals surface area contributed by atoms with E-state index in [2.05, 4.69) is 15.9 Å². The molecule has 1 aromatic rings. The quantitative estimate of drug-likeness (QED) is 0.920. The van der Waals surface area contributed by atoms with Crippen molar-refractivity contribution in [2.75, 3.05) is 18.5 Å². The Morgan fingerprint density at radius 1 is 1.39 bits per heavy atom. The highest BCUT2D eigenvalue weighted by Gasteiger charge is 2.29. The molecule has 0 aliphatic carbocycles. The largest absolute Gasteiger partial charge is 0.405 e. The summed E-state index contributed by atoms with van der Waals surface area (Å²) >= 11 is 3.30. The van der Waals surface area contributed by atoms with E-state index in [0.717, 1.165) is 5.56 Å². The predicted molar refractivity (Wildman–Crippen MR) is 70.8 cm³/mol. The van der Waals surface area contributed by atoms with Crippen LogP contribution >= 0.6 is 15.9 Å². The number of anilines is 1. The minimum atomic E-state index is -4.21. The van der Waals surface area contributed by atoms with Gasteiger partial charge in [0, 0.05) is 17.6 Å². The molecule has 2 N–H and O–H groups in total. The molecule has 1 rings (SSSR count). The first kappa shape index (κ1) is 15.3. The molecule has 0 fully saturated rings. The fourth-order valence-corrected chi connectivity index (χ4v) is 2.44. The highest BCUT2D eigenvalue weighted by atomic mass is 79.9. The SMILES string of the molecule is CC(N)Cc1ccc(N(C)CC(F)(F)F)c(Br)c1. The Balaban J connectivity index is 2.85. The van der Waals surface area contributed by atoms with Crippen LogP contribution in [0.5, 0.6) is 0 Å². The number of nitrogens with two attached hydrogens (primary N) is 1. The van der Waals surface area contributed by atoms with Gasteiger partial charge in [0.2, 0.25) is 0 Å². The number of halogens is 4. The maximum absolute atomic E-state index is 12.3. The van der Waals surface area contributed by atoms with Crippen LogP contribution in [0.15, 0.2) is 22.7 Å². The molecule has 6 heteroatoms. The maximum Gasteiger partial charge on any atom is 0.405 e. The van der Waals surface area contributed by atoms with Crippen LogP contribution in [0.25, 0.3) is 0 Å². The summed E-state index contributed by atoms with van der Waals surface area (Å²) in [5, 5.41) is 0. The van der Waals surface area contributed by atoms with Crippen LogP contribution in [0.2, 0.25) is 0 Å². The van der Waals surface area contributed by atoms with E-state index in [-0.39, 0.29) is 6.04 Å². The van der Waals surface area contributed by atoms with Gasteiger partial charge in [-0.2, -0.15) is 13.2 Å². The normalized spacial score (nSPS) is 13.5. The Bertz CT molecular complexity index is 405. The lowest BCUT2D eigenvalue weighted by molar-refractivity contribution is -0.119. The Labute approximate surface area is 113 Å². The van der Waals surface area contributed by atoms with Crippen molar-refractivity contribution in [3.63, 3.8) is 0 Å². The van der Waals surface area contributed by atoms with Crippen molar-refractivity contribution in [1.29, 1.82) is 0 Å². The third kappa shape index (κ3) is 4.86. The van der Waals surface area contributed by atoms with Gasteiger partial charge in [-0.15, -0.1) is 0 Å². The van der Waals surface area contributed by atoms with Crippen molar-refractivity contribution in [2.24, 2.45) is 5.73 Å². The van der Waals surface area contributed by atoms with E-state index in [1.54, 1.807) is 12.1 Å². The summed E-state index contributed by atoms with van der Waals surface area (Å²) in [6.07, 6.45) is -3.51. The minimum Gasteiger partial charge on any atom is -0.365 e. The molecule has 0 bridgehead atoms. The number of hydrogen-bond acceptors (Lipinski definition) is 2. The van der Waals surface area contributed by atoms with Gasteiger partial charge in [-0.3, -0.25) is 0 Å². The average Bonchev–Trinajstić information content (AvgIpc) is 2.13. The molecule has 0 aliphatic rings. The van der Waals surface area contributed by atoms with E-state index >= 15 is 0 Å². The second-order valence-corrected chi connectivity index (χ2v) is 5.29. The number of hydrogen-bond donors (Lipinski definition) is 1. The second-order valence-electron chi connectivity index (χ2n) is 4.44. The lowest BCUT2D eigenvalue weighted by Gasteiger charge is -2.22. The van der Waals surface area contributed by atoms with Crippen LogP contribution in [-0.4, -0.2) is 25.8 Å². The van der Waals surface area contributed by atoms with Crippen molar-refractivity contribution in [1.82, 2.24) is 0 Å². The molecule has 0 amide bonds. The highest BCUT2D eigenvalue weighted by Crippen LogP contribution is 2.29. The van der Waals surface area contributed by atoms with Gasteiger partial charge in [-0.1, -0.05) is 6.07 Å². The molecular formula is C12H16BrF3N2. The molecule has 0 aliphatic heterocycles. The van der Waals surface area contributed by atoms with Crippen molar-refractivity contribution in [3.05, 3.63) is 28.2 Å².